The van der Waals surface area contributed by atoms with Crippen molar-refractivity contribution in [2.75, 3.05) is 13.1 Å². The van der Waals surface area contributed by atoms with Gasteiger partial charge < -0.3 is 11.1 Å². The molecule has 3 nitrogen and oxygen atoms in total. The van der Waals surface area contributed by atoms with E-state index in [0.717, 1.165) is 19.5 Å². The molecular formula is C10H17Cl2N3S. The normalized spacial score (nSPS) is 25.7. The number of nitrogens with two attached hydrogens (primary N) is 1. The third-order valence-corrected chi connectivity index (χ3v) is 4.69. The van der Waals surface area contributed by atoms with E-state index in [9.17, 15) is 0 Å². The van der Waals surface area contributed by atoms with Gasteiger partial charge in [-0.15, -0.1) is 36.2 Å². The molecule has 3 rings (SSSR count). The lowest BCUT2D eigenvalue weighted by molar-refractivity contribution is 0.174. The summed E-state index contributed by atoms with van der Waals surface area (Å²) in [5.41, 5.74) is 9.87. The first-order valence-corrected chi connectivity index (χ1v) is 6.08. The molecule has 0 unspecified atom stereocenters. The molecule has 0 amide bonds. The minimum absolute atomic E-state index is 0. The largest absolute Gasteiger partial charge is 0.323 e. The second kappa shape index (κ2) is 5.19. The van der Waals surface area contributed by atoms with Gasteiger partial charge in [0.05, 0.1) is 11.2 Å². The van der Waals surface area contributed by atoms with Crippen LogP contribution in [0.1, 0.15) is 29.5 Å². The molecule has 1 aromatic heterocycles. The summed E-state index contributed by atoms with van der Waals surface area (Å²) in [5, 5.41) is 3.40. The summed E-state index contributed by atoms with van der Waals surface area (Å²) >= 11 is 1.73. The van der Waals surface area contributed by atoms with Crippen molar-refractivity contribution in [3.05, 3.63) is 16.1 Å². The smallest absolute Gasteiger partial charge is 0.0798 e. The molecule has 1 aromatic rings. The molecule has 1 saturated heterocycles. The lowest BCUT2D eigenvalue weighted by Gasteiger charge is -2.37. The Morgan fingerprint density at radius 2 is 2.06 bits per heavy atom. The molecule has 2 heterocycles. The van der Waals surface area contributed by atoms with E-state index in [2.05, 4.69) is 10.3 Å². The summed E-state index contributed by atoms with van der Waals surface area (Å²) in [5.74, 6) is 0. The highest BCUT2D eigenvalue weighted by Gasteiger charge is 2.46. The Morgan fingerprint density at radius 1 is 1.38 bits per heavy atom. The number of fused-ring (bicyclic) bond motifs is 1. The zero-order valence-electron chi connectivity index (χ0n) is 8.94. The van der Waals surface area contributed by atoms with Crippen LogP contribution in [0.25, 0.3) is 0 Å². The number of piperidine rings is 1. The monoisotopic (exact) mass is 281 g/mol. The molecule has 0 saturated carbocycles. The Morgan fingerprint density at radius 3 is 2.69 bits per heavy atom. The molecule has 1 aliphatic carbocycles. The van der Waals surface area contributed by atoms with Crippen molar-refractivity contribution in [1.82, 2.24) is 10.3 Å². The van der Waals surface area contributed by atoms with Crippen LogP contribution >= 0.6 is 36.2 Å². The molecule has 92 valence electrons. The van der Waals surface area contributed by atoms with E-state index in [-0.39, 0.29) is 30.9 Å². The Balaban J connectivity index is 0.000000640. The van der Waals surface area contributed by atoms with Crippen molar-refractivity contribution >= 4 is 36.2 Å². The number of aromatic nitrogens is 1. The van der Waals surface area contributed by atoms with Crippen LogP contribution in [0, 0.1) is 5.41 Å². The molecule has 16 heavy (non-hydrogen) atoms. The Kier molecular flexibility index (Phi) is 4.60. The van der Waals surface area contributed by atoms with E-state index in [0.29, 0.717) is 5.41 Å². The first-order valence-electron chi connectivity index (χ1n) is 5.20. The summed E-state index contributed by atoms with van der Waals surface area (Å²) in [7, 11) is 0. The number of nitrogens with one attached hydrogen (secondary N) is 1. The van der Waals surface area contributed by atoms with E-state index in [1.54, 1.807) is 11.3 Å². The molecule has 1 aliphatic heterocycles. The van der Waals surface area contributed by atoms with Crippen LogP contribution in [0.3, 0.4) is 0 Å². The van der Waals surface area contributed by atoms with Gasteiger partial charge in [-0.25, -0.2) is 4.98 Å². The molecule has 1 fully saturated rings. The van der Waals surface area contributed by atoms with Crippen molar-refractivity contribution in [3.63, 3.8) is 0 Å². The number of hydrogen-bond donors (Lipinski definition) is 2. The summed E-state index contributed by atoms with van der Waals surface area (Å²) in [6.45, 7) is 2.23. The van der Waals surface area contributed by atoms with Crippen molar-refractivity contribution in [3.8, 4) is 0 Å². The Labute approximate surface area is 112 Å². The first-order chi connectivity index (χ1) is 6.82. The third-order valence-electron chi connectivity index (χ3n) is 3.73. The van der Waals surface area contributed by atoms with Crippen LogP contribution in [0.15, 0.2) is 5.51 Å². The average molecular weight is 282 g/mol. The average Bonchev–Trinajstić information content (AvgIpc) is 2.73. The van der Waals surface area contributed by atoms with Gasteiger partial charge in [0.15, 0.2) is 0 Å². The summed E-state index contributed by atoms with van der Waals surface area (Å²) in [6.07, 6.45) is 3.52. The Hall–Kier alpha value is 0.130. The van der Waals surface area contributed by atoms with Gasteiger partial charge in [-0.2, -0.15) is 0 Å². The fraction of sp³-hybridized carbons (Fsp3) is 0.700. The zero-order chi connectivity index (χ0) is 9.60. The quantitative estimate of drug-likeness (QED) is 0.764. The predicted octanol–water partition coefficient (Wildman–Crippen LogP) is 1.91. The van der Waals surface area contributed by atoms with E-state index < -0.39 is 0 Å². The zero-order valence-corrected chi connectivity index (χ0v) is 11.4. The fourth-order valence-corrected chi connectivity index (χ4v) is 3.75. The predicted molar refractivity (Wildman–Crippen MR) is 71.8 cm³/mol. The number of halogens is 2. The van der Waals surface area contributed by atoms with E-state index in [1.165, 1.54) is 23.4 Å². The molecule has 0 radical (unpaired) electrons. The topological polar surface area (TPSA) is 50.9 Å². The Bertz CT molecular complexity index is 350. The number of hydrogen-bond acceptors (Lipinski definition) is 4. The lowest BCUT2D eigenvalue weighted by Crippen LogP contribution is -2.42. The minimum atomic E-state index is 0. The van der Waals surface area contributed by atoms with Gasteiger partial charge in [-0.3, -0.25) is 0 Å². The van der Waals surface area contributed by atoms with E-state index in [1.807, 2.05) is 5.51 Å². The molecule has 0 bridgehead atoms. The second-order valence-corrected chi connectivity index (χ2v) is 5.32. The van der Waals surface area contributed by atoms with Crippen molar-refractivity contribution in [1.29, 1.82) is 0 Å². The lowest BCUT2D eigenvalue weighted by atomic mass is 9.74. The van der Waals surface area contributed by atoms with Crippen LogP contribution < -0.4 is 11.1 Å². The van der Waals surface area contributed by atoms with Crippen molar-refractivity contribution in [2.45, 2.75) is 25.3 Å². The van der Waals surface area contributed by atoms with Gasteiger partial charge in [-0.05, 0) is 37.8 Å². The van der Waals surface area contributed by atoms with Gasteiger partial charge in [0.2, 0.25) is 0 Å². The maximum atomic E-state index is 6.34. The number of rotatable bonds is 0. The van der Waals surface area contributed by atoms with Crippen LogP contribution in [-0.4, -0.2) is 18.1 Å². The van der Waals surface area contributed by atoms with E-state index in [4.69, 9.17) is 5.73 Å². The number of thiazole rings is 1. The van der Waals surface area contributed by atoms with Gasteiger partial charge >= 0.3 is 0 Å². The van der Waals surface area contributed by atoms with Crippen LogP contribution in [0.5, 0.6) is 0 Å². The third kappa shape index (κ3) is 1.97. The minimum Gasteiger partial charge on any atom is -0.323 e. The van der Waals surface area contributed by atoms with Gasteiger partial charge in [0, 0.05) is 10.9 Å². The maximum Gasteiger partial charge on any atom is 0.0798 e. The van der Waals surface area contributed by atoms with Crippen molar-refractivity contribution < 1.29 is 0 Å². The van der Waals surface area contributed by atoms with Crippen LogP contribution in [-0.2, 0) is 6.42 Å². The molecule has 6 heteroatoms. The molecule has 0 aromatic carbocycles. The van der Waals surface area contributed by atoms with Crippen LogP contribution in [0.2, 0.25) is 0 Å². The van der Waals surface area contributed by atoms with Gasteiger partial charge in [-0.1, -0.05) is 0 Å². The standard InChI is InChI=1S/C10H15N3S.2ClH/c11-9-8-7(13-6-14-8)5-10(9)1-3-12-4-2-10;;/h6,9,12H,1-5,11H2;2*1H/t9-;;/m1../s1. The highest BCUT2D eigenvalue weighted by Crippen LogP contribution is 2.50. The molecule has 3 N–H and O–H groups in total. The molecule has 2 aliphatic rings. The van der Waals surface area contributed by atoms with Crippen molar-refractivity contribution in [2.24, 2.45) is 11.1 Å². The first kappa shape index (κ1) is 14.2. The maximum absolute atomic E-state index is 6.34. The summed E-state index contributed by atoms with van der Waals surface area (Å²) < 4.78 is 0. The van der Waals surface area contributed by atoms with Gasteiger partial charge in [0.1, 0.15) is 0 Å². The molecule has 1 atom stereocenters. The second-order valence-electron chi connectivity index (χ2n) is 4.43. The highest BCUT2D eigenvalue weighted by molar-refractivity contribution is 7.09. The summed E-state index contributed by atoms with van der Waals surface area (Å²) in [6, 6.07) is 0.243. The SMILES string of the molecule is Cl.Cl.N[C@@H]1c2scnc2CC12CCNCC2. The number of nitrogens with zero attached hydrogens (tertiary/aromatic N) is 1. The fourth-order valence-electron chi connectivity index (χ4n) is 2.80. The molecular weight excluding hydrogens is 265 g/mol. The highest BCUT2D eigenvalue weighted by atomic mass is 35.5. The summed E-state index contributed by atoms with van der Waals surface area (Å²) in [4.78, 5) is 5.75. The molecule has 1 spiro atoms. The van der Waals surface area contributed by atoms with Crippen LogP contribution in [0.4, 0.5) is 0 Å². The van der Waals surface area contributed by atoms with Gasteiger partial charge in [0.25, 0.3) is 0 Å². The van der Waals surface area contributed by atoms with E-state index >= 15 is 0 Å².